The van der Waals surface area contributed by atoms with Gasteiger partial charge < -0.3 is 5.73 Å². The summed E-state index contributed by atoms with van der Waals surface area (Å²) in [5.41, 5.74) is 8.23. The lowest BCUT2D eigenvalue weighted by Gasteiger charge is -2.59. The first-order valence-corrected chi connectivity index (χ1v) is 8.13. The normalized spacial score (nSPS) is 40.0. The van der Waals surface area contributed by atoms with Crippen molar-refractivity contribution in [2.75, 3.05) is 0 Å². The number of hydrogen-bond acceptors (Lipinski definition) is 1. The van der Waals surface area contributed by atoms with Gasteiger partial charge in [-0.05, 0) is 85.8 Å². The van der Waals surface area contributed by atoms with E-state index in [0.29, 0.717) is 5.41 Å². The van der Waals surface area contributed by atoms with Crippen molar-refractivity contribution in [2.24, 2.45) is 28.9 Å². The van der Waals surface area contributed by atoms with Gasteiger partial charge in [-0.2, -0.15) is 0 Å². The highest BCUT2D eigenvalue weighted by Gasteiger charge is 2.53. The highest BCUT2D eigenvalue weighted by atomic mass is 19.1. The fraction of sp³-hybridized carbons (Fsp3) is 0.667. The van der Waals surface area contributed by atoms with Crippen LogP contribution in [0.15, 0.2) is 24.3 Å². The topological polar surface area (TPSA) is 26.0 Å². The molecular weight excluding hydrogens is 249 g/mol. The zero-order valence-corrected chi connectivity index (χ0v) is 12.0. The minimum atomic E-state index is -0.155. The summed E-state index contributed by atoms with van der Waals surface area (Å²) in [5.74, 6) is 2.68. The van der Waals surface area contributed by atoms with Gasteiger partial charge in [-0.3, -0.25) is 0 Å². The molecule has 4 aliphatic rings. The van der Waals surface area contributed by atoms with Crippen molar-refractivity contribution in [3.63, 3.8) is 0 Å². The molecule has 0 saturated heterocycles. The Morgan fingerprint density at radius 3 is 2.00 bits per heavy atom. The lowest BCUT2D eigenvalue weighted by molar-refractivity contribution is -0.0667. The van der Waals surface area contributed by atoms with E-state index in [1.807, 2.05) is 12.1 Å². The number of hydrogen-bond donors (Lipinski definition) is 1. The van der Waals surface area contributed by atoms with E-state index in [2.05, 4.69) is 0 Å². The van der Waals surface area contributed by atoms with Gasteiger partial charge in [0.2, 0.25) is 0 Å². The molecule has 0 amide bonds. The summed E-state index contributed by atoms with van der Waals surface area (Å²) in [4.78, 5) is 0. The van der Waals surface area contributed by atoms with Gasteiger partial charge in [0.15, 0.2) is 0 Å². The van der Waals surface area contributed by atoms with Gasteiger partial charge in [0.1, 0.15) is 5.82 Å². The zero-order chi connectivity index (χ0) is 13.7. The Bertz CT molecular complexity index is 457. The van der Waals surface area contributed by atoms with Crippen LogP contribution in [0.5, 0.6) is 0 Å². The maximum atomic E-state index is 13.0. The molecule has 0 heterocycles. The van der Waals surface area contributed by atoms with Gasteiger partial charge in [0, 0.05) is 6.04 Å². The molecule has 0 aliphatic heterocycles. The van der Waals surface area contributed by atoms with Gasteiger partial charge in [-0.15, -0.1) is 0 Å². The van der Waals surface area contributed by atoms with E-state index in [1.54, 1.807) is 12.1 Å². The van der Waals surface area contributed by atoms with Crippen molar-refractivity contribution in [3.8, 4) is 0 Å². The quantitative estimate of drug-likeness (QED) is 0.887. The summed E-state index contributed by atoms with van der Waals surface area (Å²) in [5, 5.41) is 0. The molecule has 0 radical (unpaired) electrons. The van der Waals surface area contributed by atoms with Gasteiger partial charge in [-0.25, -0.2) is 4.39 Å². The van der Waals surface area contributed by atoms with Crippen LogP contribution in [-0.2, 0) is 6.42 Å². The second kappa shape index (κ2) is 4.56. The maximum absolute atomic E-state index is 13.0. The molecule has 4 saturated carbocycles. The van der Waals surface area contributed by atoms with E-state index in [9.17, 15) is 4.39 Å². The van der Waals surface area contributed by atoms with Crippen LogP contribution in [0.25, 0.3) is 0 Å². The van der Waals surface area contributed by atoms with Crippen LogP contribution < -0.4 is 5.73 Å². The predicted octanol–water partition coefficient (Wildman–Crippen LogP) is 3.91. The van der Waals surface area contributed by atoms with E-state index >= 15 is 0 Å². The summed E-state index contributed by atoms with van der Waals surface area (Å²) >= 11 is 0. The Kier molecular flexibility index (Phi) is 2.92. The molecule has 2 N–H and O–H groups in total. The van der Waals surface area contributed by atoms with E-state index in [0.717, 1.165) is 24.2 Å². The number of benzene rings is 1. The van der Waals surface area contributed by atoms with E-state index in [1.165, 1.54) is 44.1 Å². The molecule has 1 unspecified atom stereocenters. The summed E-state index contributed by atoms with van der Waals surface area (Å²) in [6.07, 6.45) is 9.34. The number of rotatable bonds is 3. The van der Waals surface area contributed by atoms with Crippen LogP contribution in [0.4, 0.5) is 4.39 Å². The average molecular weight is 273 g/mol. The van der Waals surface area contributed by atoms with E-state index < -0.39 is 0 Å². The zero-order valence-electron chi connectivity index (χ0n) is 12.0. The lowest BCUT2D eigenvalue weighted by atomic mass is 9.47. The molecule has 4 fully saturated rings. The highest BCUT2D eigenvalue weighted by molar-refractivity contribution is 5.19. The second-order valence-electron chi connectivity index (χ2n) is 7.72. The van der Waals surface area contributed by atoms with Crippen LogP contribution >= 0.6 is 0 Å². The molecule has 2 heteroatoms. The first-order chi connectivity index (χ1) is 9.63. The molecule has 108 valence electrons. The monoisotopic (exact) mass is 273 g/mol. The van der Waals surface area contributed by atoms with Gasteiger partial charge in [0.25, 0.3) is 0 Å². The molecular formula is C18H24FN. The summed E-state index contributed by atoms with van der Waals surface area (Å²) in [6.45, 7) is 0. The minimum Gasteiger partial charge on any atom is -0.327 e. The first kappa shape index (κ1) is 12.8. The molecule has 4 aliphatic carbocycles. The molecule has 1 nitrogen and oxygen atoms in total. The lowest BCUT2D eigenvalue weighted by Crippen LogP contribution is -2.55. The summed E-state index contributed by atoms with van der Waals surface area (Å²) < 4.78 is 13.0. The molecule has 1 aromatic rings. The number of halogens is 1. The SMILES string of the molecule is NC(Cc1ccc(F)cc1)C12CC3CC(CC(C3)C1)C2. The minimum absolute atomic E-state index is 0.155. The van der Waals surface area contributed by atoms with Crippen molar-refractivity contribution >= 4 is 0 Å². The van der Waals surface area contributed by atoms with Crippen molar-refractivity contribution in [1.29, 1.82) is 0 Å². The van der Waals surface area contributed by atoms with Crippen molar-refractivity contribution in [1.82, 2.24) is 0 Å². The second-order valence-corrected chi connectivity index (χ2v) is 7.72. The third-order valence-corrected chi connectivity index (χ3v) is 6.24. The van der Waals surface area contributed by atoms with Crippen LogP contribution in [0.1, 0.15) is 44.1 Å². The fourth-order valence-corrected chi connectivity index (χ4v) is 5.72. The van der Waals surface area contributed by atoms with E-state index in [-0.39, 0.29) is 11.9 Å². The van der Waals surface area contributed by atoms with Crippen molar-refractivity contribution < 1.29 is 4.39 Å². The van der Waals surface area contributed by atoms with Crippen LogP contribution in [0.3, 0.4) is 0 Å². The molecule has 20 heavy (non-hydrogen) atoms. The van der Waals surface area contributed by atoms with Gasteiger partial charge in [-0.1, -0.05) is 12.1 Å². The van der Waals surface area contributed by atoms with Crippen LogP contribution in [-0.4, -0.2) is 6.04 Å². The summed E-state index contributed by atoms with van der Waals surface area (Å²) in [7, 11) is 0. The highest BCUT2D eigenvalue weighted by Crippen LogP contribution is 2.61. The third-order valence-electron chi connectivity index (χ3n) is 6.24. The van der Waals surface area contributed by atoms with E-state index in [4.69, 9.17) is 5.73 Å². The Labute approximate surface area is 120 Å². The standard InChI is InChI=1S/C18H24FN/c19-16-3-1-12(2-4-16)8-17(20)18-9-13-5-14(10-18)7-15(6-13)11-18/h1-4,13-15,17H,5-11,20H2. The Morgan fingerprint density at radius 1 is 1.00 bits per heavy atom. The Balaban J connectivity index is 1.53. The van der Waals surface area contributed by atoms with Crippen molar-refractivity contribution in [3.05, 3.63) is 35.6 Å². The van der Waals surface area contributed by atoms with Crippen LogP contribution in [0.2, 0.25) is 0 Å². The maximum Gasteiger partial charge on any atom is 0.123 e. The average Bonchev–Trinajstić information content (AvgIpc) is 2.40. The molecule has 1 atom stereocenters. The van der Waals surface area contributed by atoms with Gasteiger partial charge >= 0.3 is 0 Å². The Morgan fingerprint density at radius 2 is 1.50 bits per heavy atom. The smallest absolute Gasteiger partial charge is 0.123 e. The summed E-state index contributed by atoms with van der Waals surface area (Å²) in [6, 6.07) is 7.16. The molecule has 0 aromatic heterocycles. The molecule has 5 rings (SSSR count). The van der Waals surface area contributed by atoms with Crippen LogP contribution in [0, 0.1) is 29.0 Å². The molecule has 1 aromatic carbocycles. The molecule has 4 bridgehead atoms. The Hall–Kier alpha value is -0.890. The van der Waals surface area contributed by atoms with Gasteiger partial charge in [0.05, 0.1) is 0 Å². The number of nitrogens with two attached hydrogens (primary N) is 1. The van der Waals surface area contributed by atoms with Crippen molar-refractivity contribution in [2.45, 2.75) is 51.0 Å². The third kappa shape index (κ3) is 2.09. The first-order valence-electron chi connectivity index (χ1n) is 8.13. The predicted molar refractivity (Wildman–Crippen MR) is 78.7 cm³/mol. The fourth-order valence-electron chi connectivity index (χ4n) is 5.72. The molecule has 0 spiro atoms. The largest absolute Gasteiger partial charge is 0.327 e.